The van der Waals surface area contributed by atoms with Gasteiger partial charge in [-0.05, 0) is 12.1 Å². The lowest BCUT2D eigenvalue weighted by molar-refractivity contribution is 0.162. The number of amides is 3. The van der Waals surface area contributed by atoms with Gasteiger partial charge < -0.3 is 20.5 Å². The molecule has 3 N–H and O–H groups in total. The van der Waals surface area contributed by atoms with Gasteiger partial charge in [0, 0.05) is 19.2 Å². The lowest BCUT2D eigenvalue weighted by Crippen LogP contribution is -2.35. The Morgan fingerprint density at radius 3 is 2.95 bits per heavy atom. The Labute approximate surface area is 120 Å². The number of nitrogens with zero attached hydrogens (tertiary/aromatic N) is 3. The minimum absolute atomic E-state index is 0.0104. The topological polar surface area (TPSA) is 116 Å². The molecule has 1 aromatic heterocycles. The molecule has 21 heavy (non-hydrogen) atoms. The molecule has 0 unspecified atom stereocenters. The Balaban J connectivity index is 1.76. The fourth-order valence-corrected chi connectivity index (χ4v) is 1.59. The van der Waals surface area contributed by atoms with E-state index in [-0.39, 0.29) is 19.7 Å². The van der Waals surface area contributed by atoms with E-state index in [1.165, 1.54) is 0 Å². The number of carboxylic acid groups (broad SMARTS) is 1. The van der Waals surface area contributed by atoms with Crippen molar-refractivity contribution in [2.45, 2.75) is 13.0 Å². The van der Waals surface area contributed by atoms with Crippen molar-refractivity contribution in [3.63, 3.8) is 0 Å². The van der Waals surface area contributed by atoms with Crippen LogP contribution in [0.4, 0.5) is 9.59 Å². The third-order valence-corrected chi connectivity index (χ3v) is 2.58. The molecule has 3 amide bonds. The molecule has 1 aliphatic rings. The highest BCUT2D eigenvalue weighted by atomic mass is 16.5. The molecule has 2 heterocycles. The summed E-state index contributed by atoms with van der Waals surface area (Å²) in [6, 6.07) is 5.02. The molecular formula is C12H15N5O4. The van der Waals surface area contributed by atoms with E-state index in [9.17, 15) is 9.59 Å². The van der Waals surface area contributed by atoms with Crippen molar-refractivity contribution in [1.82, 2.24) is 20.6 Å². The molecule has 0 saturated heterocycles. The van der Waals surface area contributed by atoms with E-state index in [1.54, 1.807) is 18.3 Å². The summed E-state index contributed by atoms with van der Waals surface area (Å²) in [7, 11) is 0. The summed E-state index contributed by atoms with van der Waals surface area (Å²) in [5, 5.41) is 18.4. The molecule has 0 saturated carbocycles. The highest BCUT2D eigenvalue weighted by molar-refractivity contribution is 5.82. The van der Waals surface area contributed by atoms with Crippen LogP contribution in [0.5, 0.6) is 0 Å². The first-order chi connectivity index (χ1) is 10.1. The van der Waals surface area contributed by atoms with Gasteiger partial charge in [0.1, 0.15) is 0 Å². The van der Waals surface area contributed by atoms with Gasteiger partial charge in [0.05, 0.1) is 12.2 Å². The number of hydrazone groups is 1. The summed E-state index contributed by atoms with van der Waals surface area (Å²) < 4.78 is 5.19. The quantitative estimate of drug-likeness (QED) is 0.733. The van der Waals surface area contributed by atoms with Gasteiger partial charge in [0.25, 0.3) is 0 Å². The standard InChI is InChI=1S/C12H15N5O4/c18-11(15-7-9-3-1-2-5-13-9)17-8-21-10(16-17)4-6-14-12(19)20/h1-3,5,14H,4,6-8H2,(H,15,18)(H,19,20). The van der Waals surface area contributed by atoms with Crippen LogP contribution >= 0.6 is 0 Å². The average molecular weight is 293 g/mol. The Morgan fingerprint density at radius 1 is 1.38 bits per heavy atom. The molecule has 0 radical (unpaired) electrons. The number of aromatic nitrogens is 1. The number of carbonyl (C=O) groups is 2. The van der Waals surface area contributed by atoms with E-state index in [1.807, 2.05) is 6.07 Å². The van der Waals surface area contributed by atoms with Crippen LogP contribution < -0.4 is 10.6 Å². The maximum absolute atomic E-state index is 11.8. The van der Waals surface area contributed by atoms with Gasteiger partial charge in [-0.3, -0.25) is 4.98 Å². The van der Waals surface area contributed by atoms with Crippen LogP contribution in [0.1, 0.15) is 12.1 Å². The van der Waals surface area contributed by atoms with Gasteiger partial charge in [-0.1, -0.05) is 6.07 Å². The number of urea groups is 1. The third-order valence-electron chi connectivity index (χ3n) is 2.58. The fraction of sp³-hybridized carbons (Fsp3) is 0.333. The van der Waals surface area contributed by atoms with Crippen LogP contribution in [0.25, 0.3) is 0 Å². The van der Waals surface area contributed by atoms with Crippen molar-refractivity contribution in [2.75, 3.05) is 13.3 Å². The SMILES string of the molecule is O=C(O)NCCC1=NN(C(=O)NCc2ccccn2)CO1. The Bertz CT molecular complexity index is 534. The van der Waals surface area contributed by atoms with Crippen molar-refractivity contribution in [3.05, 3.63) is 30.1 Å². The maximum Gasteiger partial charge on any atom is 0.404 e. The molecule has 2 rings (SSSR count). The summed E-state index contributed by atoms with van der Waals surface area (Å²) in [6.45, 7) is 0.482. The largest absolute Gasteiger partial charge is 0.465 e. The molecule has 0 aromatic carbocycles. The van der Waals surface area contributed by atoms with Gasteiger partial charge in [-0.15, -0.1) is 5.10 Å². The molecule has 0 fully saturated rings. The molecule has 0 aliphatic carbocycles. The van der Waals surface area contributed by atoms with Crippen LogP contribution in [0, 0.1) is 0 Å². The number of ether oxygens (including phenoxy) is 1. The van der Waals surface area contributed by atoms with E-state index >= 15 is 0 Å². The molecular weight excluding hydrogens is 278 g/mol. The minimum Gasteiger partial charge on any atom is -0.465 e. The zero-order valence-corrected chi connectivity index (χ0v) is 11.2. The second kappa shape index (κ2) is 7.08. The fourth-order valence-electron chi connectivity index (χ4n) is 1.59. The summed E-state index contributed by atoms with van der Waals surface area (Å²) in [4.78, 5) is 26.2. The van der Waals surface area contributed by atoms with Gasteiger partial charge >= 0.3 is 12.1 Å². The number of nitrogens with one attached hydrogen (secondary N) is 2. The predicted molar refractivity (Wildman–Crippen MR) is 72.3 cm³/mol. The zero-order chi connectivity index (χ0) is 15.1. The lowest BCUT2D eigenvalue weighted by atomic mass is 10.3. The van der Waals surface area contributed by atoms with Crippen molar-refractivity contribution >= 4 is 18.0 Å². The summed E-state index contributed by atoms with van der Waals surface area (Å²) >= 11 is 0. The number of carbonyl (C=O) groups excluding carboxylic acids is 1. The molecule has 0 atom stereocenters. The van der Waals surface area contributed by atoms with Crippen molar-refractivity contribution in [1.29, 1.82) is 0 Å². The monoisotopic (exact) mass is 293 g/mol. The van der Waals surface area contributed by atoms with Crippen LogP contribution in [-0.4, -0.2) is 46.4 Å². The predicted octanol–water partition coefficient (Wildman–Crippen LogP) is 0.552. The van der Waals surface area contributed by atoms with Crippen LogP contribution in [0.2, 0.25) is 0 Å². The van der Waals surface area contributed by atoms with Gasteiger partial charge in [-0.2, -0.15) is 5.01 Å². The first kappa shape index (κ1) is 14.6. The number of hydrogen-bond acceptors (Lipinski definition) is 5. The van der Waals surface area contributed by atoms with Crippen molar-refractivity contribution in [2.24, 2.45) is 5.10 Å². The summed E-state index contributed by atoms with van der Waals surface area (Å²) in [5.41, 5.74) is 0.737. The van der Waals surface area contributed by atoms with E-state index < -0.39 is 12.1 Å². The normalized spacial score (nSPS) is 13.3. The maximum atomic E-state index is 11.8. The highest BCUT2D eigenvalue weighted by Crippen LogP contribution is 2.06. The molecule has 0 bridgehead atoms. The van der Waals surface area contributed by atoms with Crippen LogP contribution in [-0.2, 0) is 11.3 Å². The molecule has 9 heteroatoms. The lowest BCUT2D eigenvalue weighted by Gasteiger charge is -2.10. The van der Waals surface area contributed by atoms with Gasteiger partial charge in [0.2, 0.25) is 5.90 Å². The van der Waals surface area contributed by atoms with E-state index in [0.717, 1.165) is 10.7 Å². The van der Waals surface area contributed by atoms with Gasteiger partial charge in [-0.25, -0.2) is 9.59 Å². The first-order valence-corrected chi connectivity index (χ1v) is 6.27. The van der Waals surface area contributed by atoms with Crippen LogP contribution in [0.3, 0.4) is 0 Å². The molecule has 9 nitrogen and oxygen atoms in total. The molecule has 1 aliphatic heterocycles. The Kier molecular flexibility index (Phi) is 4.91. The molecule has 112 valence electrons. The highest BCUT2D eigenvalue weighted by Gasteiger charge is 2.21. The number of rotatable bonds is 5. The smallest absolute Gasteiger partial charge is 0.404 e. The Hall–Kier alpha value is -2.84. The molecule has 1 aromatic rings. The van der Waals surface area contributed by atoms with E-state index in [0.29, 0.717) is 12.4 Å². The molecule has 0 spiro atoms. The van der Waals surface area contributed by atoms with Crippen LogP contribution in [0.15, 0.2) is 29.5 Å². The summed E-state index contributed by atoms with van der Waals surface area (Å²) in [6.07, 6.45) is 0.821. The van der Waals surface area contributed by atoms with Crippen molar-refractivity contribution < 1.29 is 19.4 Å². The second-order valence-electron chi connectivity index (χ2n) is 4.13. The number of pyridine rings is 1. The van der Waals surface area contributed by atoms with Gasteiger partial charge in [0.15, 0.2) is 6.73 Å². The van der Waals surface area contributed by atoms with E-state index in [2.05, 4.69) is 20.7 Å². The van der Waals surface area contributed by atoms with E-state index in [4.69, 9.17) is 9.84 Å². The average Bonchev–Trinajstić information content (AvgIpc) is 2.94. The summed E-state index contributed by atoms with van der Waals surface area (Å²) in [5.74, 6) is 0.316. The zero-order valence-electron chi connectivity index (χ0n) is 11.2. The third kappa shape index (κ3) is 4.64. The first-order valence-electron chi connectivity index (χ1n) is 6.27. The van der Waals surface area contributed by atoms with Crippen molar-refractivity contribution in [3.8, 4) is 0 Å². The second-order valence-corrected chi connectivity index (χ2v) is 4.13. The number of hydrogen-bond donors (Lipinski definition) is 3. The Morgan fingerprint density at radius 2 is 2.24 bits per heavy atom. The minimum atomic E-state index is -1.11.